The van der Waals surface area contributed by atoms with Crippen LogP contribution < -0.4 is 10.6 Å². The van der Waals surface area contributed by atoms with Crippen LogP contribution in [0.3, 0.4) is 0 Å². The number of carboxylic acids is 1. The van der Waals surface area contributed by atoms with Crippen LogP contribution in [0.5, 0.6) is 0 Å². The summed E-state index contributed by atoms with van der Waals surface area (Å²) in [4.78, 5) is 23.7. The Labute approximate surface area is 144 Å². The second kappa shape index (κ2) is 7.87. The van der Waals surface area contributed by atoms with Crippen LogP contribution in [0, 0.1) is 0 Å². The zero-order chi connectivity index (χ0) is 17.5. The Morgan fingerprint density at radius 3 is 2.48 bits per heavy atom. The lowest BCUT2D eigenvalue weighted by atomic mass is 10.2. The highest BCUT2D eigenvalue weighted by atomic mass is 16.4. The van der Waals surface area contributed by atoms with Gasteiger partial charge in [-0.05, 0) is 17.7 Å². The van der Waals surface area contributed by atoms with Gasteiger partial charge in [0.25, 0.3) is 0 Å². The van der Waals surface area contributed by atoms with Gasteiger partial charge in [0, 0.05) is 18.8 Å². The first kappa shape index (κ1) is 16.4. The Morgan fingerprint density at radius 2 is 1.76 bits per heavy atom. The molecule has 0 bridgehead atoms. The lowest BCUT2D eigenvalue weighted by molar-refractivity contribution is -0.134. The van der Waals surface area contributed by atoms with Crippen LogP contribution in [0.2, 0.25) is 0 Å². The molecule has 0 aliphatic rings. The zero-order valence-corrected chi connectivity index (χ0v) is 13.4. The fourth-order valence-corrected chi connectivity index (χ4v) is 2.21. The SMILES string of the molecule is O=C(O)CNc1nc(NCc2ccccc2)cc(-c2ccccn2)n1. The Kier molecular flexibility index (Phi) is 5.16. The number of aromatic nitrogens is 3. The van der Waals surface area contributed by atoms with E-state index in [4.69, 9.17) is 5.11 Å². The molecule has 0 saturated heterocycles. The van der Waals surface area contributed by atoms with E-state index >= 15 is 0 Å². The summed E-state index contributed by atoms with van der Waals surface area (Å²) in [7, 11) is 0. The quantitative estimate of drug-likeness (QED) is 0.610. The van der Waals surface area contributed by atoms with Crippen LogP contribution in [-0.4, -0.2) is 32.6 Å². The van der Waals surface area contributed by atoms with E-state index in [2.05, 4.69) is 25.6 Å². The smallest absolute Gasteiger partial charge is 0.322 e. The molecular weight excluding hydrogens is 318 g/mol. The van der Waals surface area contributed by atoms with E-state index in [1.165, 1.54) is 0 Å². The monoisotopic (exact) mass is 335 g/mol. The average molecular weight is 335 g/mol. The molecular formula is C18H17N5O2. The van der Waals surface area contributed by atoms with Gasteiger partial charge in [0.15, 0.2) is 0 Å². The van der Waals surface area contributed by atoms with Gasteiger partial charge in [-0.25, -0.2) is 4.98 Å². The molecule has 7 heteroatoms. The molecule has 0 atom stereocenters. The molecule has 25 heavy (non-hydrogen) atoms. The molecule has 7 nitrogen and oxygen atoms in total. The number of nitrogens with one attached hydrogen (secondary N) is 2. The van der Waals surface area contributed by atoms with Crippen molar-refractivity contribution in [3.63, 3.8) is 0 Å². The number of carbonyl (C=O) groups is 1. The van der Waals surface area contributed by atoms with Crippen molar-refractivity contribution in [1.29, 1.82) is 0 Å². The van der Waals surface area contributed by atoms with Crippen molar-refractivity contribution in [2.24, 2.45) is 0 Å². The van der Waals surface area contributed by atoms with Gasteiger partial charge < -0.3 is 15.7 Å². The lowest BCUT2D eigenvalue weighted by Gasteiger charge is -2.10. The number of anilines is 2. The Balaban J connectivity index is 1.85. The summed E-state index contributed by atoms with van der Waals surface area (Å²) in [5.74, 6) is -0.154. The predicted octanol–water partition coefficient (Wildman–Crippen LogP) is 2.65. The lowest BCUT2D eigenvalue weighted by Crippen LogP contribution is -2.15. The molecule has 2 aromatic heterocycles. The first-order valence-electron chi connectivity index (χ1n) is 7.74. The molecule has 0 aliphatic heterocycles. The van der Waals surface area contributed by atoms with Crippen molar-refractivity contribution in [1.82, 2.24) is 15.0 Å². The molecule has 0 fully saturated rings. The number of hydrogen-bond acceptors (Lipinski definition) is 6. The van der Waals surface area contributed by atoms with Gasteiger partial charge >= 0.3 is 5.97 Å². The fraction of sp³-hybridized carbons (Fsp3) is 0.111. The van der Waals surface area contributed by atoms with Crippen LogP contribution in [-0.2, 0) is 11.3 Å². The standard InChI is InChI=1S/C18H17N5O2/c24-17(25)12-21-18-22-15(14-8-4-5-9-19-14)10-16(23-18)20-11-13-6-2-1-3-7-13/h1-10H,11-12H2,(H,24,25)(H2,20,21,22,23). The van der Waals surface area contributed by atoms with Crippen molar-refractivity contribution >= 4 is 17.7 Å². The summed E-state index contributed by atoms with van der Waals surface area (Å²) < 4.78 is 0. The van der Waals surface area contributed by atoms with Crippen LogP contribution in [0.1, 0.15) is 5.56 Å². The summed E-state index contributed by atoms with van der Waals surface area (Å²) in [5.41, 5.74) is 2.41. The molecule has 0 spiro atoms. The molecule has 3 aromatic rings. The van der Waals surface area contributed by atoms with Crippen LogP contribution in [0.25, 0.3) is 11.4 Å². The minimum Gasteiger partial charge on any atom is -0.480 e. The van der Waals surface area contributed by atoms with Gasteiger partial charge in [-0.3, -0.25) is 9.78 Å². The van der Waals surface area contributed by atoms with E-state index in [0.29, 0.717) is 23.8 Å². The first-order valence-corrected chi connectivity index (χ1v) is 7.74. The van der Waals surface area contributed by atoms with E-state index in [1.54, 1.807) is 12.3 Å². The van der Waals surface area contributed by atoms with Gasteiger partial charge in [-0.2, -0.15) is 4.98 Å². The molecule has 3 N–H and O–H groups in total. The van der Waals surface area contributed by atoms with Gasteiger partial charge in [0.05, 0.1) is 11.4 Å². The highest BCUT2D eigenvalue weighted by Gasteiger charge is 2.08. The van der Waals surface area contributed by atoms with E-state index in [1.807, 2.05) is 48.5 Å². The third-order valence-corrected chi connectivity index (χ3v) is 3.37. The summed E-state index contributed by atoms with van der Waals surface area (Å²) in [6, 6.07) is 17.2. The number of nitrogens with zero attached hydrogens (tertiary/aromatic N) is 3. The van der Waals surface area contributed by atoms with Crippen molar-refractivity contribution < 1.29 is 9.90 Å². The average Bonchev–Trinajstić information content (AvgIpc) is 2.66. The number of pyridine rings is 1. The number of aliphatic carboxylic acids is 1. The normalized spacial score (nSPS) is 10.2. The number of benzene rings is 1. The molecule has 0 radical (unpaired) electrons. The van der Waals surface area contributed by atoms with Gasteiger partial charge in [-0.15, -0.1) is 0 Å². The van der Waals surface area contributed by atoms with Crippen molar-refractivity contribution in [2.45, 2.75) is 6.54 Å². The minimum absolute atomic E-state index is 0.237. The van der Waals surface area contributed by atoms with Gasteiger partial charge in [0.1, 0.15) is 12.4 Å². The fourth-order valence-electron chi connectivity index (χ4n) is 2.21. The molecule has 0 unspecified atom stereocenters. The van der Waals surface area contributed by atoms with Crippen LogP contribution in [0.15, 0.2) is 60.8 Å². The van der Waals surface area contributed by atoms with Gasteiger partial charge in [-0.1, -0.05) is 36.4 Å². The topological polar surface area (TPSA) is 100 Å². The third kappa shape index (κ3) is 4.74. The maximum Gasteiger partial charge on any atom is 0.322 e. The second-order valence-electron chi connectivity index (χ2n) is 5.26. The van der Waals surface area contributed by atoms with E-state index < -0.39 is 5.97 Å². The van der Waals surface area contributed by atoms with E-state index in [0.717, 1.165) is 5.56 Å². The molecule has 0 saturated carbocycles. The molecule has 0 amide bonds. The highest BCUT2D eigenvalue weighted by Crippen LogP contribution is 2.20. The predicted molar refractivity (Wildman–Crippen MR) is 95.2 cm³/mol. The van der Waals surface area contributed by atoms with Crippen molar-refractivity contribution in [3.8, 4) is 11.4 Å². The largest absolute Gasteiger partial charge is 0.480 e. The molecule has 126 valence electrons. The maximum absolute atomic E-state index is 10.8. The summed E-state index contributed by atoms with van der Waals surface area (Å²) in [6.07, 6.45) is 1.68. The van der Waals surface area contributed by atoms with E-state index in [9.17, 15) is 4.79 Å². The van der Waals surface area contributed by atoms with E-state index in [-0.39, 0.29) is 12.5 Å². The van der Waals surface area contributed by atoms with Crippen molar-refractivity contribution in [3.05, 3.63) is 66.4 Å². The second-order valence-corrected chi connectivity index (χ2v) is 5.26. The Bertz CT molecular complexity index is 841. The Morgan fingerprint density at radius 1 is 0.960 bits per heavy atom. The minimum atomic E-state index is -0.981. The molecule has 3 rings (SSSR count). The Hall–Kier alpha value is -3.48. The third-order valence-electron chi connectivity index (χ3n) is 3.37. The van der Waals surface area contributed by atoms with Crippen molar-refractivity contribution in [2.75, 3.05) is 17.2 Å². The van der Waals surface area contributed by atoms with Crippen LogP contribution >= 0.6 is 0 Å². The summed E-state index contributed by atoms with van der Waals surface area (Å²) in [5, 5.41) is 14.8. The summed E-state index contributed by atoms with van der Waals surface area (Å²) >= 11 is 0. The molecule has 0 aliphatic carbocycles. The van der Waals surface area contributed by atoms with Gasteiger partial charge in [0.2, 0.25) is 5.95 Å². The summed E-state index contributed by atoms with van der Waals surface area (Å²) in [6.45, 7) is 0.335. The molecule has 1 aromatic carbocycles. The first-order chi connectivity index (χ1) is 12.2. The maximum atomic E-state index is 10.8. The highest BCUT2D eigenvalue weighted by molar-refractivity contribution is 5.72. The number of rotatable bonds is 7. The number of carboxylic acid groups (broad SMARTS) is 1. The zero-order valence-electron chi connectivity index (χ0n) is 13.4. The molecule has 2 heterocycles. The van der Waals surface area contributed by atoms with Crippen LogP contribution in [0.4, 0.5) is 11.8 Å². The number of hydrogen-bond donors (Lipinski definition) is 3.